The Morgan fingerprint density at radius 3 is 2.58 bits per heavy atom. The number of halogens is 1. The van der Waals surface area contributed by atoms with E-state index in [2.05, 4.69) is 10.00 Å². The van der Waals surface area contributed by atoms with E-state index in [-0.39, 0.29) is 24.0 Å². The molecule has 2 fully saturated rings. The fourth-order valence-corrected chi connectivity index (χ4v) is 5.50. The number of nitrogens with zero attached hydrogens (tertiary/aromatic N) is 5. The number of aryl methyl sites for hydroxylation is 2. The molecule has 0 N–H and O–H groups in total. The first-order chi connectivity index (χ1) is 17.5. The topological polar surface area (TPSA) is 53.8 Å². The number of amides is 2. The number of benzene rings is 2. The standard InChI is InChI=1S/C28H32FN5O2/c1-19-6-5-8-24(29)26(19)32-14-12-22(13-15-32)33-18-21-16-31(2)30-27(21)34(28(33)35)17-20-7-3-4-9-25(20)36-23-10-11-23/h3-9,16,22-23H,10-15,17-18H2,1-2H3. The molecule has 1 saturated heterocycles. The van der Waals surface area contributed by atoms with E-state index >= 15 is 0 Å². The van der Waals surface area contributed by atoms with Crippen LogP contribution in [0.5, 0.6) is 5.75 Å². The minimum atomic E-state index is -0.180. The zero-order valence-electron chi connectivity index (χ0n) is 20.9. The molecule has 0 radical (unpaired) electrons. The lowest BCUT2D eigenvalue weighted by molar-refractivity contribution is 0.159. The number of rotatable bonds is 6. The Balaban J connectivity index is 1.23. The first-order valence-corrected chi connectivity index (χ1v) is 12.8. The second-order valence-electron chi connectivity index (χ2n) is 10.2. The van der Waals surface area contributed by atoms with Crippen LogP contribution in [0, 0.1) is 12.7 Å². The van der Waals surface area contributed by atoms with Crippen LogP contribution in [-0.2, 0) is 20.1 Å². The zero-order chi connectivity index (χ0) is 24.8. The predicted molar refractivity (Wildman–Crippen MR) is 137 cm³/mol. The van der Waals surface area contributed by atoms with Crippen LogP contribution in [0.15, 0.2) is 48.7 Å². The number of aromatic nitrogens is 2. The number of anilines is 2. The highest BCUT2D eigenvalue weighted by Gasteiger charge is 2.38. The summed E-state index contributed by atoms with van der Waals surface area (Å²) in [6, 6.07) is 13.3. The zero-order valence-corrected chi connectivity index (χ0v) is 20.9. The molecular weight excluding hydrogens is 457 g/mol. The van der Waals surface area contributed by atoms with Gasteiger partial charge in [0.15, 0.2) is 5.82 Å². The molecule has 6 rings (SSSR count). The molecule has 3 aromatic rings. The van der Waals surface area contributed by atoms with Crippen molar-refractivity contribution in [3.05, 3.63) is 71.2 Å². The number of piperidine rings is 1. The van der Waals surface area contributed by atoms with Crippen LogP contribution in [0.2, 0.25) is 0 Å². The highest BCUT2D eigenvalue weighted by Crippen LogP contribution is 2.36. The molecule has 1 aromatic heterocycles. The number of carbonyl (C=O) groups is 1. The monoisotopic (exact) mass is 489 g/mol. The van der Waals surface area contributed by atoms with E-state index in [1.807, 2.05) is 55.4 Å². The van der Waals surface area contributed by atoms with Crippen molar-refractivity contribution in [3.8, 4) is 5.75 Å². The number of carbonyl (C=O) groups excluding carboxylic acids is 1. The van der Waals surface area contributed by atoms with Crippen molar-refractivity contribution in [1.29, 1.82) is 0 Å². The van der Waals surface area contributed by atoms with Crippen molar-refractivity contribution in [2.75, 3.05) is 22.9 Å². The minimum Gasteiger partial charge on any atom is -0.490 e. The third kappa shape index (κ3) is 4.29. The molecule has 2 aromatic carbocycles. The van der Waals surface area contributed by atoms with Crippen LogP contribution < -0.4 is 14.5 Å². The summed E-state index contributed by atoms with van der Waals surface area (Å²) in [5, 5.41) is 4.64. The van der Waals surface area contributed by atoms with Crippen LogP contribution in [0.3, 0.4) is 0 Å². The normalized spacial score (nSPS) is 18.5. The molecule has 3 aliphatic rings. The Morgan fingerprint density at radius 1 is 1.06 bits per heavy atom. The van der Waals surface area contributed by atoms with Crippen molar-refractivity contribution < 1.29 is 13.9 Å². The van der Waals surface area contributed by atoms with Gasteiger partial charge in [-0.05, 0) is 50.3 Å². The van der Waals surface area contributed by atoms with E-state index in [0.717, 1.165) is 53.9 Å². The van der Waals surface area contributed by atoms with Gasteiger partial charge in [-0.15, -0.1) is 0 Å². The lowest BCUT2D eigenvalue weighted by Gasteiger charge is -2.43. The second kappa shape index (κ2) is 9.15. The molecule has 1 saturated carbocycles. The third-order valence-electron chi connectivity index (χ3n) is 7.48. The highest BCUT2D eigenvalue weighted by atomic mass is 19.1. The summed E-state index contributed by atoms with van der Waals surface area (Å²) in [4.78, 5) is 19.8. The fraction of sp³-hybridized carbons (Fsp3) is 0.429. The summed E-state index contributed by atoms with van der Waals surface area (Å²) in [5.41, 5.74) is 3.66. The molecule has 36 heavy (non-hydrogen) atoms. The summed E-state index contributed by atoms with van der Waals surface area (Å²) in [5.74, 6) is 1.39. The van der Waals surface area contributed by atoms with Gasteiger partial charge in [-0.1, -0.05) is 30.3 Å². The Hall–Kier alpha value is -3.55. The van der Waals surface area contributed by atoms with E-state index in [9.17, 15) is 9.18 Å². The summed E-state index contributed by atoms with van der Waals surface area (Å²) in [6.07, 6.45) is 6.05. The molecular formula is C28H32FN5O2. The summed E-state index contributed by atoms with van der Waals surface area (Å²) < 4.78 is 22.5. The maximum Gasteiger partial charge on any atom is 0.326 e. The molecule has 0 spiro atoms. The first kappa shape index (κ1) is 22.9. The Labute approximate surface area is 211 Å². The van der Waals surface area contributed by atoms with Gasteiger partial charge < -0.3 is 14.5 Å². The second-order valence-corrected chi connectivity index (χ2v) is 10.2. The number of fused-ring (bicyclic) bond motifs is 1. The van der Waals surface area contributed by atoms with Crippen molar-refractivity contribution in [2.45, 2.75) is 57.8 Å². The summed E-state index contributed by atoms with van der Waals surface area (Å²) in [7, 11) is 1.89. The Morgan fingerprint density at radius 2 is 1.83 bits per heavy atom. The smallest absolute Gasteiger partial charge is 0.326 e. The van der Waals surface area contributed by atoms with Gasteiger partial charge in [0, 0.05) is 43.5 Å². The quantitative estimate of drug-likeness (QED) is 0.488. The van der Waals surface area contributed by atoms with Crippen LogP contribution >= 0.6 is 0 Å². The molecule has 2 aliphatic heterocycles. The van der Waals surface area contributed by atoms with E-state index in [1.165, 1.54) is 6.07 Å². The molecule has 8 heteroatoms. The molecule has 2 amide bonds. The van der Waals surface area contributed by atoms with Gasteiger partial charge in [-0.2, -0.15) is 5.10 Å². The SMILES string of the molecule is Cc1cccc(F)c1N1CCC(N2Cc3cn(C)nc3N(Cc3ccccc3OC3CC3)C2=O)CC1. The Bertz CT molecular complexity index is 1260. The van der Waals surface area contributed by atoms with Gasteiger partial charge in [-0.3, -0.25) is 9.58 Å². The van der Waals surface area contributed by atoms with Gasteiger partial charge in [0.05, 0.1) is 24.9 Å². The number of ether oxygens (including phenoxy) is 1. The Kier molecular flexibility index (Phi) is 5.82. The van der Waals surface area contributed by atoms with Gasteiger partial charge in [-0.25, -0.2) is 9.18 Å². The average molecular weight is 490 g/mol. The summed E-state index contributed by atoms with van der Waals surface area (Å²) >= 11 is 0. The van der Waals surface area contributed by atoms with E-state index < -0.39 is 0 Å². The first-order valence-electron chi connectivity index (χ1n) is 12.8. The third-order valence-corrected chi connectivity index (χ3v) is 7.48. The maximum atomic E-state index is 14.6. The molecule has 188 valence electrons. The van der Waals surface area contributed by atoms with E-state index in [0.29, 0.717) is 31.9 Å². The number of urea groups is 1. The van der Waals surface area contributed by atoms with Gasteiger partial charge in [0.25, 0.3) is 0 Å². The number of hydrogen-bond donors (Lipinski definition) is 0. The molecule has 1 aliphatic carbocycles. The van der Waals surface area contributed by atoms with E-state index in [4.69, 9.17) is 4.74 Å². The predicted octanol–water partition coefficient (Wildman–Crippen LogP) is 5.02. The number of para-hydroxylation sites is 2. The lowest BCUT2D eigenvalue weighted by atomic mass is 10.00. The summed E-state index contributed by atoms with van der Waals surface area (Å²) in [6.45, 7) is 4.34. The molecule has 3 heterocycles. The van der Waals surface area contributed by atoms with Crippen molar-refractivity contribution >= 4 is 17.5 Å². The van der Waals surface area contributed by atoms with Crippen LogP contribution in [0.4, 0.5) is 20.7 Å². The molecule has 0 unspecified atom stereocenters. The highest BCUT2D eigenvalue weighted by molar-refractivity contribution is 5.94. The van der Waals surface area contributed by atoms with Gasteiger partial charge >= 0.3 is 6.03 Å². The molecule has 7 nitrogen and oxygen atoms in total. The average Bonchev–Trinajstić information content (AvgIpc) is 3.60. The maximum absolute atomic E-state index is 14.6. The minimum absolute atomic E-state index is 0.0250. The molecule has 0 bridgehead atoms. The van der Waals surface area contributed by atoms with Gasteiger partial charge in [0.1, 0.15) is 11.6 Å². The lowest BCUT2D eigenvalue weighted by Crippen LogP contribution is -2.54. The van der Waals surface area contributed by atoms with Gasteiger partial charge in [0.2, 0.25) is 0 Å². The van der Waals surface area contributed by atoms with Crippen LogP contribution in [-0.4, -0.2) is 45.9 Å². The van der Waals surface area contributed by atoms with Crippen molar-refractivity contribution in [3.63, 3.8) is 0 Å². The molecule has 0 atom stereocenters. The van der Waals surface area contributed by atoms with Crippen LogP contribution in [0.1, 0.15) is 42.4 Å². The fourth-order valence-electron chi connectivity index (χ4n) is 5.50. The van der Waals surface area contributed by atoms with Crippen LogP contribution in [0.25, 0.3) is 0 Å². The number of hydrogen-bond acceptors (Lipinski definition) is 4. The largest absolute Gasteiger partial charge is 0.490 e. The van der Waals surface area contributed by atoms with Crippen molar-refractivity contribution in [2.24, 2.45) is 7.05 Å². The van der Waals surface area contributed by atoms with Crippen molar-refractivity contribution in [1.82, 2.24) is 14.7 Å². The van der Waals surface area contributed by atoms with E-state index in [1.54, 1.807) is 15.6 Å².